The van der Waals surface area contributed by atoms with Crippen molar-refractivity contribution in [3.8, 4) is 5.75 Å². The maximum Gasteiger partial charge on any atom is 0.253 e. The molecule has 1 aromatic carbocycles. The van der Waals surface area contributed by atoms with E-state index in [2.05, 4.69) is 5.32 Å². The second kappa shape index (κ2) is 8.02. The minimum atomic E-state index is 0. The highest BCUT2D eigenvalue weighted by Crippen LogP contribution is 2.28. The van der Waals surface area contributed by atoms with E-state index in [1.165, 1.54) is 0 Å². The fourth-order valence-corrected chi connectivity index (χ4v) is 3.65. The molecule has 2 aliphatic heterocycles. The zero-order valence-corrected chi connectivity index (χ0v) is 14.8. The molecule has 0 radical (unpaired) electrons. The van der Waals surface area contributed by atoms with Gasteiger partial charge in [0, 0.05) is 18.7 Å². The minimum Gasteiger partial charge on any atom is -0.494 e. The van der Waals surface area contributed by atoms with Crippen LogP contribution in [0.2, 0.25) is 0 Å². The largest absolute Gasteiger partial charge is 0.494 e. The van der Waals surface area contributed by atoms with Gasteiger partial charge >= 0.3 is 0 Å². The molecule has 2 atom stereocenters. The average molecular weight is 339 g/mol. The molecule has 2 heterocycles. The van der Waals surface area contributed by atoms with Crippen LogP contribution in [0.5, 0.6) is 5.75 Å². The normalized spacial score (nSPS) is 23.7. The first-order valence-corrected chi connectivity index (χ1v) is 8.42. The molecule has 1 aromatic rings. The van der Waals surface area contributed by atoms with Gasteiger partial charge < -0.3 is 15.0 Å². The zero-order chi connectivity index (χ0) is 15.5. The minimum absolute atomic E-state index is 0. The van der Waals surface area contributed by atoms with Crippen LogP contribution in [0, 0.1) is 18.8 Å². The number of likely N-dealkylation sites (tertiary alicyclic amines) is 1. The lowest BCUT2D eigenvalue weighted by Gasteiger charge is -2.21. The van der Waals surface area contributed by atoms with E-state index in [-0.39, 0.29) is 18.3 Å². The van der Waals surface area contributed by atoms with Gasteiger partial charge in [0.1, 0.15) is 5.75 Å². The number of aryl methyl sites for hydroxylation is 1. The lowest BCUT2D eigenvalue weighted by Crippen LogP contribution is -2.32. The Morgan fingerprint density at radius 3 is 2.52 bits per heavy atom. The van der Waals surface area contributed by atoms with E-state index in [0.29, 0.717) is 6.61 Å². The van der Waals surface area contributed by atoms with E-state index in [1.54, 1.807) is 0 Å². The Morgan fingerprint density at radius 2 is 1.91 bits per heavy atom. The summed E-state index contributed by atoms with van der Waals surface area (Å²) in [7, 11) is 0. The monoisotopic (exact) mass is 338 g/mol. The smallest absolute Gasteiger partial charge is 0.253 e. The fraction of sp³-hybridized carbons (Fsp3) is 0.611. The molecule has 23 heavy (non-hydrogen) atoms. The molecule has 0 spiro atoms. The van der Waals surface area contributed by atoms with Crippen molar-refractivity contribution in [2.75, 3.05) is 32.8 Å². The Bertz CT molecular complexity index is 536. The predicted molar refractivity (Wildman–Crippen MR) is 94.6 cm³/mol. The van der Waals surface area contributed by atoms with Crippen molar-refractivity contribution in [3.05, 3.63) is 29.3 Å². The van der Waals surface area contributed by atoms with Crippen LogP contribution < -0.4 is 10.1 Å². The molecule has 3 rings (SSSR count). The number of hydrogen-bond donors (Lipinski definition) is 1. The summed E-state index contributed by atoms with van der Waals surface area (Å²) >= 11 is 0. The predicted octanol–water partition coefficient (Wildman–Crippen LogP) is 2.89. The number of nitrogens with one attached hydrogen (secondary N) is 1. The summed E-state index contributed by atoms with van der Waals surface area (Å²) in [6.07, 6.45) is 2.24. The molecule has 4 nitrogen and oxygen atoms in total. The van der Waals surface area contributed by atoms with E-state index in [0.717, 1.165) is 67.7 Å². The second-order valence-electron chi connectivity index (χ2n) is 6.46. The number of rotatable bonds is 3. The third-order valence-corrected chi connectivity index (χ3v) is 5.04. The first-order chi connectivity index (χ1) is 10.7. The molecule has 5 heteroatoms. The Kier molecular flexibility index (Phi) is 6.31. The van der Waals surface area contributed by atoms with Crippen LogP contribution in [0.25, 0.3) is 0 Å². The van der Waals surface area contributed by atoms with Gasteiger partial charge in [-0.15, -0.1) is 12.4 Å². The standard InChI is InChI=1S/C18H26N2O2.ClH/c1-3-22-17-10-14(5-4-13(17)2)18(21)20-8-6-15-11-19-12-16(15)7-9-20;/h4-5,10,15-16,19H,3,6-9,11-12H2,1-2H3;1H/t15-,16+;. The third kappa shape index (κ3) is 3.99. The highest BCUT2D eigenvalue weighted by Gasteiger charge is 2.31. The van der Waals surface area contributed by atoms with Gasteiger partial charge in [0.05, 0.1) is 6.61 Å². The van der Waals surface area contributed by atoms with Crippen LogP contribution in [-0.4, -0.2) is 43.6 Å². The lowest BCUT2D eigenvalue weighted by atomic mass is 9.92. The molecule has 0 aromatic heterocycles. The molecule has 2 saturated heterocycles. The van der Waals surface area contributed by atoms with E-state index in [1.807, 2.05) is 36.9 Å². The zero-order valence-electron chi connectivity index (χ0n) is 14.0. The lowest BCUT2D eigenvalue weighted by molar-refractivity contribution is 0.0758. The van der Waals surface area contributed by atoms with E-state index in [4.69, 9.17) is 4.74 Å². The highest BCUT2D eigenvalue weighted by molar-refractivity contribution is 5.94. The molecule has 0 aliphatic carbocycles. The van der Waals surface area contributed by atoms with E-state index >= 15 is 0 Å². The van der Waals surface area contributed by atoms with Crippen LogP contribution >= 0.6 is 12.4 Å². The summed E-state index contributed by atoms with van der Waals surface area (Å²) in [5, 5.41) is 3.48. The maximum absolute atomic E-state index is 12.8. The van der Waals surface area contributed by atoms with Gasteiger partial charge in [0.15, 0.2) is 0 Å². The Labute approximate surface area is 145 Å². The summed E-state index contributed by atoms with van der Waals surface area (Å²) in [6, 6.07) is 5.80. The second-order valence-corrected chi connectivity index (χ2v) is 6.46. The molecular formula is C18H27ClN2O2. The van der Waals surface area contributed by atoms with Crippen molar-refractivity contribution >= 4 is 18.3 Å². The number of hydrogen-bond acceptors (Lipinski definition) is 3. The van der Waals surface area contributed by atoms with Crippen molar-refractivity contribution < 1.29 is 9.53 Å². The molecule has 128 valence electrons. The van der Waals surface area contributed by atoms with Gasteiger partial charge in [0.25, 0.3) is 5.91 Å². The molecule has 2 fully saturated rings. The maximum atomic E-state index is 12.8. The Hall–Kier alpha value is -1.26. The van der Waals surface area contributed by atoms with Gasteiger partial charge in [-0.05, 0) is 69.3 Å². The number of nitrogens with zero attached hydrogens (tertiary/aromatic N) is 1. The number of ether oxygens (including phenoxy) is 1. The van der Waals surface area contributed by atoms with Gasteiger partial charge in [-0.2, -0.15) is 0 Å². The Morgan fingerprint density at radius 1 is 1.26 bits per heavy atom. The number of carbonyl (C=O) groups is 1. The van der Waals surface area contributed by atoms with Gasteiger partial charge in [-0.3, -0.25) is 4.79 Å². The summed E-state index contributed by atoms with van der Waals surface area (Å²) in [5.41, 5.74) is 1.83. The Balaban J connectivity index is 0.00000192. The highest BCUT2D eigenvalue weighted by atomic mass is 35.5. The van der Waals surface area contributed by atoms with E-state index in [9.17, 15) is 4.79 Å². The molecule has 0 unspecified atom stereocenters. The molecule has 1 amide bonds. The van der Waals surface area contributed by atoms with Gasteiger partial charge in [0.2, 0.25) is 0 Å². The number of halogens is 1. The van der Waals surface area contributed by atoms with Crippen molar-refractivity contribution in [1.29, 1.82) is 0 Å². The number of fused-ring (bicyclic) bond motifs is 1. The van der Waals surface area contributed by atoms with Crippen LogP contribution in [0.3, 0.4) is 0 Å². The third-order valence-electron chi connectivity index (χ3n) is 5.04. The van der Waals surface area contributed by atoms with Crippen LogP contribution in [-0.2, 0) is 0 Å². The van der Waals surface area contributed by atoms with Gasteiger partial charge in [-0.1, -0.05) is 6.07 Å². The van der Waals surface area contributed by atoms with Crippen molar-refractivity contribution in [2.45, 2.75) is 26.7 Å². The summed E-state index contributed by atoms with van der Waals surface area (Å²) in [4.78, 5) is 14.8. The molecule has 2 aliphatic rings. The van der Waals surface area contributed by atoms with Crippen LogP contribution in [0.1, 0.15) is 35.7 Å². The average Bonchev–Trinajstić information content (AvgIpc) is 2.88. The first kappa shape index (κ1) is 18.1. The van der Waals surface area contributed by atoms with Crippen molar-refractivity contribution in [2.24, 2.45) is 11.8 Å². The van der Waals surface area contributed by atoms with Crippen molar-refractivity contribution in [3.63, 3.8) is 0 Å². The SMILES string of the molecule is CCOc1cc(C(=O)N2CC[C@@H]3CNC[C@@H]3CC2)ccc1C.Cl. The van der Waals surface area contributed by atoms with Gasteiger partial charge in [-0.25, -0.2) is 0 Å². The topological polar surface area (TPSA) is 41.6 Å². The van der Waals surface area contributed by atoms with Crippen molar-refractivity contribution in [1.82, 2.24) is 10.2 Å². The summed E-state index contributed by atoms with van der Waals surface area (Å²) < 4.78 is 5.62. The fourth-order valence-electron chi connectivity index (χ4n) is 3.65. The molecule has 0 bridgehead atoms. The number of carbonyl (C=O) groups excluding carboxylic acids is 1. The van der Waals surface area contributed by atoms with Crippen LogP contribution in [0.15, 0.2) is 18.2 Å². The summed E-state index contributed by atoms with van der Waals surface area (Å²) in [6.45, 7) is 8.59. The quantitative estimate of drug-likeness (QED) is 0.921. The number of benzene rings is 1. The summed E-state index contributed by atoms with van der Waals surface area (Å²) in [5.74, 6) is 2.46. The van der Waals surface area contributed by atoms with Crippen LogP contribution in [0.4, 0.5) is 0 Å². The molecular weight excluding hydrogens is 312 g/mol. The first-order valence-electron chi connectivity index (χ1n) is 8.42. The van der Waals surface area contributed by atoms with E-state index < -0.39 is 0 Å². The number of amides is 1. The molecule has 1 N–H and O–H groups in total. The molecule has 0 saturated carbocycles.